The number of hydrogen-bond donors (Lipinski definition) is 1. The summed E-state index contributed by atoms with van der Waals surface area (Å²) in [6, 6.07) is 8.82. The number of pyridine rings is 3. The molecule has 3 heterocycles. The van der Waals surface area contributed by atoms with Crippen molar-refractivity contribution >= 4 is 70.4 Å². The lowest BCUT2D eigenvalue weighted by atomic mass is 10.5. The Morgan fingerprint density at radius 2 is 1.41 bits per heavy atom. The summed E-state index contributed by atoms with van der Waals surface area (Å²) in [6.07, 6.45) is 4.72. The molecule has 0 saturated carbocycles. The SMILES string of the molecule is COc1ccc(Br)nc1.COc1cnc(Br)cc1I.Oc1ccc(Br)nc1. The molecule has 0 aliphatic heterocycles. The van der Waals surface area contributed by atoms with Crippen molar-refractivity contribution in [3.8, 4) is 17.2 Å². The van der Waals surface area contributed by atoms with E-state index in [0.29, 0.717) is 0 Å². The van der Waals surface area contributed by atoms with Crippen LogP contribution in [0.3, 0.4) is 0 Å². The van der Waals surface area contributed by atoms with Crippen molar-refractivity contribution in [2.24, 2.45) is 0 Å². The summed E-state index contributed by atoms with van der Waals surface area (Å²) >= 11 is 11.8. The van der Waals surface area contributed by atoms with Gasteiger partial charge in [-0.1, -0.05) is 0 Å². The average Bonchev–Trinajstić information content (AvgIpc) is 2.66. The van der Waals surface area contributed by atoms with Crippen LogP contribution < -0.4 is 9.47 Å². The van der Waals surface area contributed by atoms with Crippen molar-refractivity contribution < 1.29 is 14.6 Å². The summed E-state index contributed by atoms with van der Waals surface area (Å²) in [5, 5.41) is 8.67. The minimum absolute atomic E-state index is 0.188. The van der Waals surface area contributed by atoms with Gasteiger partial charge in [0.2, 0.25) is 0 Å². The van der Waals surface area contributed by atoms with Gasteiger partial charge in [-0.15, -0.1) is 0 Å². The maximum absolute atomic E-state index is 8.67. The van der Waals surface area contributed by atoms with Crippen LogP contribution in [0.4, 0.5) is 0 Å². The molecule has 0 bridgehead atoms. The Kier molecular flexibility index (Phi) is 11.8. The lowest BCUT2D eigenvalue weighted by molar-refractivity contribution is 0.409. The fourth-order valence-electron chi connectivity index (χ4n) is 1.40. The molecule has 0 saturated heterocycles. The van der Waals surface area contributed by atoms with Gasteiger partial charge >= 0.3 is 0 Å². The van der Waals surface area contributed by atoms with Crippen LogP contribution in [0, 0.1) is 3.57 Å². The van der Waals surface area contributed by atoms with E-state index in [4.69, 9.17) is 14.6 Å². The maximum atomic E-state index is 8.67. The summed E-state index contributed by atoms with van der Waals surface area (Å²) in [5.41, 5.74) is 0. The second-order valence-electron chi connectivity index (χ2n) is 4.50. The molecule has 0 radical (unpaired) electrons. The van der Waals surface area contributed by atoms with Gasteiger partial charge in [0.15, 0.2) is 5.75 Å². The molecule has 0 aromatic carbocycles. The largest absolute Gasteiger partial charge is 0.506 e. The number of methoxy groups -OCH3 is 2. The predicted octanol–water partition coefficient (Wildman–Crippen LogP) is 5.86. The second kappa shape index (κ2) is 13.2. The Labute approximate surface area is 196 Å². The lowest BCUT2D eigenvalue weighted by Gasteiger charge is -2.00. The van der Waals surface area contributed by atoms with E-state index in [1.165, 1.54) is 6.20 Å². The second-order valence-corrected chi connectivity index (χ2v) is 8.10. The first-order valence-corrected chi connectivity index (χ1v) is 10.6. The van der Waals surface area contributed by atoms with Crippen LogP contribution in [-0.2, 0) is 0 Å². The van der Waals surface area contributed by atoms with Gasteiger partial charge in [-0.25, -0.2) is 15.0 Å². The minimum Gasteiger partial charge on any atom is -0.506 e. The highest BCUT2D eigenvalue weighted by atomic mass is 127. The van der Waals surface area contributed by atoms with Crippen LogP contribution >= 0.6 is 70.4 Å². The molecule has 0 amide bonds. The Bertz CT molecular complexity index is 801. The maximum Gasteiger partial charge on any atom is 0.150 e. The van der Waals surface area contributed by atoms with Gasteiger partial charge in [-0.2, -0.15) is 0 Å². The van der Waals surface area contributed by atoms with E-state index in [1.807, 2.05) is 18.2 Å². The summed E-state index contributed by atoms with van der Waals surface area (Å²) < 4.78 is 13.3. The molecule has 3 aromatic rings. The van der Waals surface area contributed by atoms with Crippen LogP contribution in [0.15, 0.2) is 62.7 Å². The van der Waals surface area contributed by atoms with E-state index in [2.05, 4.69) is 85.3 Å². The van der Waals surface area contributed by atoms with Crippen LogP contribution in [0.1, 0.15) is 0 Å². The van der Waals surface area contributed by atoms with Gasteiger partial charge in [-0.3, -0.25) is 0 Å². The summed E-state index contributed by atoms with van der Waals surface area (Å²) in [4.78, 5) is 11.7. The Morgan fingerprint density at radius 3 is 1.81 bits per heavy atom. The molecule has 0 fully saturated rings. The van der Waals surface area contributed by atoms with E-state index < -0.39 is 0 Å². The molecule has 3 rings (SSSR count). The van der Waals surface area contributed by atoms with Crippen molar-refractivity contribution in [3.05, 3.63) is 66.3 Å². The monoisotopic (exact) mass is 673 g/mol. The van der Waals surface area contributed by atoms with E-state index in [-0.39, 0.29) is 5.75 Å². The number of hydrogen-bond acceptors (Lipinski definition) is 6. The number of rotatable bonds is 2. The summed E-state index contributed by atoms with van der Waals surface area (Å²) in [5.74, 6) is 1.77. The lowest BCUT2D eigenvalue weighted by Crippen LogP contribution is -1.87. The number of aromatic nitrogens is 3. The van der Waals surface area contributed by atoms with Gasteiger partial charge in [0.05, 0.1) is 36.4 Å². The smallest absolute Gasteiger partial charge is 0.150 e. The quantitative estimate of drug-likeness (QED) is 0.271. The first-order valence-electron chi connectivity index (χ1n) is 7.16. The molecule has 0 aliphatic carbocycles. The van der Waals surface area contributed by atoms with Gasteiger partial charge in [-0.05, 0) is 101 Å². The van der Waals surface area contributed by atoms with E-state index >= 15 is 0 Å². The highest BCUT2D eigenvalue weighted by molar-refractivity contribution is 14.1. The van der Waals surface area contributed by atoms with Crippen molar-refractivity contribution in [2.45, 2.75) is 0 Å². The summed E-state index contributed by atoms with van der Waals surface area (Å²) in [6.45, 7) is 0. The number of halogens is 4. The molecule has 0 aliphatic rings. The molecule has 0 unspecified atom stereocenters. The van der Waals surface area contributed by atoms with Crippen LogP contribution in [0.25, 0.3) is 0 Å². The number of aromatic hydroxyl groups is 1. The highest BCUT2D eigenvalue weighted by Crippen LogP contribution is 2.21. The number of nitrogens with zero attached hydrogens (tertiary/aromatic N) is 3. The van der Waals surface area contributed by atoms with Crippen molar-refractivity contribution in [1.82, 2.24) is 15.0 Å². The predicted molar refractivity (Wildman–Crippen MR) is 123 cm³/mol. The van der Waals surface area contributed by atoms with Crippen LogP contribution in [0.5, 0.6) is 17.2 Å². The molecule has 6 nitrogen and oxygen atoms in total. The van der Waals surface area contributed by atoms with Gasteiger partial charge in [0, 0.05) is 0 Å². The third-order valence-electron chi connectivity index (χ3n) is 2.65. The molecule has 3 aromatic heterocycles. The third-order valence-corrected chi connectivity index (χ3v) is 4.87. The standard InChI is InChI=1S/C6H5BrINO.C6H6BrNO.C5H4BrNO/c1-10-5-3-9-6(7)2-4(5)8;1-9-5-2-3-6(7)8-4-5;6-5-2-1-4(8)3-7-5/h2-3H,1H3;2-4H,1H3;1-3,8H. The Morgan fingerprint density at radius 1 is 0.815 bits per heavy atom. The molecule has 27 heavy (non-hydrogen) atoms. The molecule has 1 N–H and O–H groups in total. The zero-order valence-electron chi connectivity index (χ0n) is 14.2. The van der Waals surface area contributed by atoms with Crippen molar-refractivity contribution in [3.63, 3.8) is 0 Å². The number of ether oxygens (including phenoxy) is 2. The Balaban J connectivity index is 0.000000204. The van der Waals surface area contributed by atoms with Gasteiger partial charge in [0.1, 0.15) is 25.3 Å². The fourth-order valence-corrected chi connectivity index (χ4v) is 3.28. The molecule has 0 spiro atoms. The van der Waals surface area contributed by atoms with Gasteiger partial charge < -0.3 is 14.6 Å². The van der Waals surface area contributed by atoms with Crippen molar-refractivity contribution in [1.29, 1.82) is 0 Å². The third kappa shape index (κ3) is 10.2. The Hall–Kier alpha value is -0.980. The van der Waals surface area contributed by atoms with Crippen LogP contribution in [-0.4, -0.2) is 34.3 Å². The minimum atomic E-state index is 0.188. The van der Waals surface area contributed by atoms with Gasteiger partial charge in [0.25, 0.3) is 0 Å². The molecule has 10 heteroatoms. The fraction of sp³-hybridized carbons (Fsp3) is 0.118. The zero-order valence-corrected chi connectivity index (χ0v) is 21.2. The average molecular weight is 676 g/mol. The first kappa shape index (κ1) is 24.1. The molecular weight excluding hydrogens is 661 g/mol. The van der Waals surface area contributed by atoms with E-state index in [0.717, 1.165) is 28.9 Å². The molecular formula is C17H15Br3IN3O3. The molecule has 0 atom stereocenters. The van der Waals surface area contributed by atoms with Crippen molar-refractivity contribution in [2.75, 3.05) is 14.2 Å². The normalized spacial score (nSPS) is 9.26. The molecule has 144 valence electrons. The van der Waals surface area contributed by atoms with E-state index in [9.17, 15) is 0 Å². The summed E-state index contributed by atoms with van der Waals surface area (Å²) in [7, 11) is 3.25. The first-order chi connectivity index (χ1) is 12.8. The topological polar surface area (TPSA) is 77.4 Å². The van der Waals surface area contributed by atoms with Crippen LogP contribution in [0.2, 0.25) is 0 Å². The highest BCUT2D eigenvalue weighted by Gasteiger charge is 1.98. The van der Waals surface area contributed by atoms with E-state index in [1.54, 1.807) is 38.7 Å². The zero-order chi connectivity index (χ0) is 20.2.